The molecule has 2 aromatic heterocycles. The van der Waals surface area contributed by atoms with Gasteiger partial charge in [0.2, 0.25) is 5.95 Å². The van der Waals surface area contributed by atoms with Crippen LogP contribution in [0.3, 0.4) is 0 Å². The molecule has 0 saturated carbocycles. The van der Waals surface area contributed by atoms with Crippen LogP contribution < -0.4 is 4.90 Å². The Bertz CT molecular complexity index is 962. The molecule has 1 amide bonds. The Morgan fingerprint density at radius 1 is 1.11 bits per heavy atom. The second-order valence-corrected chi connectivity index (χ2v) is 8.14. The van der Waals surface area contributed by atoms with Crippen molar-refractivity contribution in [2.24, 2.45) is 0 Å². The van der Waals surface area contributed by atoms with E-state index in [2.05, 4.69) is 49.9 Å². The van der Waals surface area contributed by atoms with Gasteiger partial charge in [-0.1, -0.05) is 6.07 Å². The number of benzene rings is 1. The molecule has 7 nitrogen and oxygen atoms in total. The number of fused-ring (bicyclic) bond motifs is 1. The molecule has 0 bridgehead atoms. The highest BCUT2D eigenvalue weighted by molar-refractivity contribution is 7.16. The lowest BCUT2D eigenvalue weighted by atomic mass is 10.1. The average molecular weight is 397 g/mol. The molecule has 1 aliphatic heterocycles. The summed E-state index contributed by atoms with van der Waals surface area (Å²) in [6.45, 7) is 5.87. The Morgan fingerprint density at radius 3 is 2.50 bits per heavy atom. The van der Waals surface area contributed by atoms with Crippen LogP contribution in [0.25, 0.3) is 10.2 Å². The standard InChI is InChI=1S/C20H24N6OS/c1-14(15-4-5-18-17(10-15)23-13-28-18)25-6-8-26(9-7-25)20-21-11-16(12-22-20)19(27)24(2)3/h4-5,10-14H,6-9H2,1-3H3. The first-order valence-electron chi connectivity index (χ1n) is 9.39. The molecule has 4 rings (SSSR count). The number of carbonyl (C=O) groups excluding carboxylic acids is 1. The molecule has 1 atom stereocenters. The van der Waals surface area contributed by atoms with Gasteiger partial charge in [0.1, 0.15) is 0 Å². The van der Waals surface area contributed by atoms with Crippen molar-refractivity contribution in [1.29, 1.82) is 0 Å². The largest absolute Gasteiger partial charge is 0.345 e. The van der Waals surface area contributed by atoms with Gasteiger partial charge < -0.3 is 9.80 Å². The van der Waals surface area contributed by atoms with Gasteiger partial charge in [-0.2, -0.15) is 0 Å². The Balaban J connectivity index is 1.39. The van der Waals surface area contributed by atoms with Crippen LogP contribution in [0.1, 0.15) is 28.9 Å². The first-order valence-corrected chi connectivity index (χ1v) is 10.3. The second kappa shape index (κ2) is 7.81. The van der Waals surface area contributed by atoms with E-state index in [0.717, 1.165) is 31.7 Å². The van der Waals surface area contributed by atoms with Crippen molar-refractivity contribution >= 4 is 33.4 Å². The Labute approximate surface area is 168 Å². The van der Waals surface area contributed by atoms with Crippen LogP contribution in [0, 0.1) is 0 Å². The average Bonchev–Trinajstić information content (AvgIpc) is 3.21. The predicted molar refractivity (Wildman–Crippen MR) is 112 cm³/mol. The summed E-state index contributed by atoms with van der Waals surface area (Å²) in [5.41, 5.74) is 4.79. The molecule has 3 aromatic rings. The van der Waals surface area contributed by atoms with Crippen molar-refractivity contribution in [3.63, 3.8) is 0 Å². The van der Waals surface area contributed by atoms with Crippen LogP contribution in [0.2, 0.25) is 0 Å². The van der Waals surface area contributed by atoms with Gasteiger partial charge in [0.25, 0.3) is 5.91 Å². The lowest BCUT2D eigenvalue weighted by Gasteiger charge is -2.38. The molecule has 146 valence electrons. The van der Waals surface area contributed by atoms with E-state index >= 15 is 0 Å². The SMILES string of the molecule is CC(c1ccc2scnc2c1)N1CCN(c2ncc(C(=O)N(C)C)cn2)CC1. The summed E-state index contributed by atoms with van der Waals surface area (Å²) in [5, 5.41) is 0. The van der Waals surface area contributed by atoms with E-state index in [9.17, 15) is 4.79 Å². The first-order chi connectivity index (χ1) is 13.5. The molecular formula is C20H24N6OS. The van der Waals surface area contributed by atoms with Crippen LogP contribution in [-0.2, 0) is 0 Å². The van der Waals surface area contributed by atoms with Crippen molar-refractivity contribution in [3.8, 4) is 0 Å². The summed E-state index contributed by atoms with van der Waals surface area (Å²) in [7, 11) is 3.45. The molecule has 0 radical (unpaired) electrons. The summed E-state index contributed by atoms with van der Waals surface area (Å²) in [5.74, 6) is 0.605. The summed E-state index contributed by atoms with van der Waals surface area (Å²) < 4.78 is 1.23. The van der Waals surface area contributed by atoms with Crippen molar-refractivity contribution in [1.82, 2.24) is 24.8 Å². The highest BCUT2D eigenvalue weighted by Crippen LogP contribution is 2.27. The summed E-state index contributed by atoms with van der Waals surface area (Å²) >= 11 is 1.68. The Kier molecular flexibility index (Phi) is 5.23. The third-order valence-corrected chi connectivity index (χ3v) is 6.08. The second-order valence-electron chi connectivity index (χ2n) is 7.25. The van der Waals surface area contributed by atoms with E-state index in [-0.39, 0.29) is 5.91 Å². The van der Waals surface area contributed by atoms with Crippen LogP contribution >= 0.6 is 11.3 Å². The van der Waals surface area contributed by atoms with E-state index in [1.165, 1.54) is 15.2 Å². The summed E-state index contributed by atoms with van der Waals surface area (Å²) in [6, 6.07) is 6.92. The molecular weight excluding hydrogens is 372 g/mol. The Hall–Kier alpha value is -2.58. The maximum Gasteiger partial charge on any atom is 0.256 e. The molecule has 0 spiro atoms. The minimum atomic E-state index is -0.0812. The number of hydrogen-bond acceptors (Lipinski definition) is 7. The lowest BCUT2D eigenvalue weighted by Crippen LogP contribution is -2.47. The van der Waals surface area contributed by atoms with Crippen LogP contribution in [0.15, 0.2) is 36.1 Å². The topological polar surface area (TPSA) is 65.5 Å². The van der Waals surface area contributed by atoms with E-state index in [1.807, 2.05) is 5.51 Å². The number of hydrogen-bond donors (Lipinski definition) is 0. The molecule has 3 heterocycles. The number of carbonyl (C=O) groups is 1. The van der Waals surface area contributed by atoms with Gasteiger partial charge >= 0.3 is 0 Å². The van der Waals surface area contributed by atoms with Crippen LogP contribution in [0.5, 0.6) is 0 Å². The molecule has 28 heavy (non-hydrogen) atoms. The van der Waals surface area contributed by atoms with Gasteiger partial charge in [-0.25, -0.2) is 15.0 Å². The maximum atomic E-state index is 12.0. The molecule has 8 heteroatoms. The van der Waals surface area contributed by atoms with E-state index in [4.69, 9.17) is 0 Å². The maximum absolute atomic E-state index is 12.0. The zero-order chi connectivity index (χ0) is 19.7. The number of amides is 1. The normalized spacial score (nSPS) is 16.3. The number of rotatable bonds is 4. The molecule has 1 saturated heterocycles. The third kappa shape index (κ3) is 3.70. The summed E-state index contributed by atoms with van der Waals surface area (Å²) in [4.78, 5) is 31.4. The number of piperazine rings is 1. The third-order valence-electron chi connectivity index (χ3n) is 5.27. The van der Waals surface area contributed by atoms with Gasteiger partial charge in [-0.15, -0.1) is 11.3 Å². The van der Waals surface area contributed by atoms with E-state index in [0.29, 0.717) is 17.6 Å². The van der Waals surface area contributed by atoms with Gasteiger partial charge in [-0.3, -0.25) is 9.69 Å². The Morgan fingerprint density at radius 2 is 1.82 bits per heavy atom. The monoisotopic (exact) mass is 396 g/mol. The minimum absolute atomic E-state index is 0.0812. The van der Waals surface area contributed by atoms with Crippen molar-refractivity contribution in [3.05, 3.63) is 47.2 Å². The van der Waals surface area contributed by atoms with Gasteiger partial charge in [-0.05, 0) is 24.6 Å². The molecule has 1 fully saturated rings. The highest BCUT2D eigenvalue weighted by Gasteiger charge is 2.24. The fraction of sp³-hybridized carbons (Fsp3) is 0.400. The highest BCUT2D eigenvalue weighted by atomic mass is 32.1. The van der Waals surface area contributed by atoms with Crippen molar-refractivity contribution < 1.29 is 4.79 Å². The van der Waals surface area contributed by atoms with Gasteiger partial charge in [0.05, 0.1) is 21.3 Å². The first kappa shape index (κ1) is 18.8. The number of anilines is 1. The fourth-order valence-electron chi connectivity index (χ4n) is 3.51. The smallest absolute Gasteiger partial charge is 0.256 e. The number of aromatic nitrogens is 3. The molecule has 0 N–H and O–H groups in total. The molecule has 1 aliphatic rings. The van der Waals surface area contributed by atoms with Crippen molar-refractivity contribution in [2.75, 3.05) is 45.2 Å². The van der Waals surface area contributed by atoms with E-state index < -0.39 is 0 Å². The molecule has 1 unspecified atom stereocenters. The van der Waals surface area contributed by atoms with Gasteiger partial charge in [0, 0.05) is 58.7 Å². The van der Waals surface area contributed by atoms with E-state index in [1.54, 1.807) is 37.8 Å². The predicted octanol–water partition coefficient (Wildman–Crippen LogP) is 2.67. The van der Waals surface area contributed by atoms with Crippen LogP contribution in [-0.4, -0.2) is 70.9 Å². The quantitative estimate of drug-likeness (QED) is 0.676. The number of thiazole rings is 1. The lowest BCUT2D eigenvalue weighted by molar-refractivity contribution is 0.0827. The van der Waals surface area contributed by atoms with Crippen molar-refractivity contribution in [2.45, 2.75) is 13.0 Å². The molecule has 1 aromatic carbocycles. The minimum Gasteiger partial charge on any atom is -0.345 e. The number of nitrogens with zero attached hydrogens (tertiary/aromatic N) is 6. The van der Waals surface area contributed by atoms with Gasteiger partial charge in [0.15, 0.2) is 0 Å². The summed E-state index contributed by atoms with van der Waals surface area (Å²) in [6.07, 6.45) is 3.23. The molecule has 0 aliphatic carbocycles. The van der Waals surface area contributed by atoms with Crippen LogP contribution in [0.4, 0.5) is 5.95 Å². The zero-order valence-corrected chi connectivity index (χ0v) is 17.2. The fourth-order valence-corrected chi connectivity index (χ4v) is 4.17. The zero-order valence-electron chi connectivity index (χ0n) is 16.4.